The number of hydrogen-bond donors (Lipinski definition) is 1. The summed E-state index contributed by atoms with van der Waals surface area (Å²) in [6, 6.07) is 9.13. The summed E-state index contributed by atoms with van der Waals surface area (Å²) in [7, 11) is 0. The zero-order valence-corrected chi connectivity index (χ0v) is 15.8. The third-order valence-electron chi connectivity index (χ3n) is 5.44. The van der Waals surface area contributed by atoms with E-state index in [0.717, 1.165) is 30.8 Å². The highest BCUT2D eigenvalue weighted by molar-refractivity contribution is 5.95. The summed E-state index contributed by atoms with van der Waals surface area (Å²) in [4.78, 5) is 25.6. The van der Waals surface area contributed by atoms with Crippen molar-refractivity contribution in [2.45, 2.75) is 38.0 Å². The van der Waals surface area contributed by atoms with Gasteiger partial charge in [0.1, 0.15) is 12.0 Å². The molecular weight excluding hydrogens is 359 g/mol. The molecule has 4 rings (SSSR count). The second-order valence-corrected chi connectivity index (χ2v) is 7.53. The molecule has 2 aliphatic rings. The summed E-state index contributed by atoms with van der Waals surface area (Å²) in [6.07, 6.45) is 3.12. The van der Waals surface area contributed by atoms with Crippen LogP contribution >= 0.6 is 0 Å². The van der Waals surface area contributed by atoms with Gasteiger partial charge in [0.05, 0.1) is 6.10 Å². The minimum absolute atomic E-state index is 0.0796. The van der Waals surface area contributed by atoms with E-state index in [0.29, 0.717) is 43.9 Å². The summed E-state index contributed by atoms with van der Waals surface area (Å²) >= 11 is 0. The number of aliphatic hydroxyl groups excluding tert-OH is 1. The topological polar surface area (TPSA) is 69.6 Å². The highest BCUT2D eigenvalue weighted by Gasteiger charge is 2.24. The monoisotopic (exact) mass is 384 g/mol. The second kappa shape index (κ2) is 8.22. The number of halogens is 1. The summed E-state index contributed by atoms with van der Waals surface area (Å²) in [6.45, 7) is 2.33. The minimum Gasteiger partial charge on any atom is -0.391 e. The summed E-state index contributed by atoms with van der Waals surface area (Å²) < 4.78 is 13.3. The number of benzene rings is 1. The number of rotatable bonds is 3. The normalized spacial score (nSPS) is 21.0. The summed E-state index contributed by atoms with van der Waals surface area (Å²) in [5.74, 6) is 1.25. The first-order valence-corrected chi connectivity index (χ1v) is 9.90. The Balaban J connectivity index is 1.54. The van der Waals surface area contributed by atoms with Crippen molar-refractivity contribution >= 4 is 11.7 Å². The number of nitrogens with zero attached hydrogens (tertiary/aromatic N) is 4. The molecule has 7 heteroatoms. The lowest BCUT2D eigenvalue weighted by Crippen LogP contribution is -2.39. The molecule has 148 valence electrons. The van der Waals surface area contributed by atoms with Crippen molar-refractivity contribution < 1.29 is 14.3 Å². The SMILES string of the molecule is O=C(c1cccc(-c2nccc(N3CCC[C@@H](O)C3)n2)c1)N1CCC(F)CC1. The van der Waals surface area contributed by atoms with Crippen LogP contribution in [0, 0.1) is 0 Å². The molecule has 6 nitrogen and oxygen atoms in total. The Morgan fingerprint density at radius 1 is 1.14 bits per heavy atom. The lowest BCUT2D eigenvalue weighted by Gasteiger charge is -2.31. The third kappa shape index (κ3) is 4.14. The van der Waals surface area contributed by atoms with Gasteiger partial charge in [-0.25, -0.2) is 14.4 Å². The van der Waals surface area contributed by atoms with Crippen molar-refractivity contribution in [2.75, 3.05) is 31.1 Å². The smallest absolute Gasteiger partial charge is 0.253 e. The number of amides is 1. The quantitative estimate of drug-likeness (QED) is 0.881. The number of anilines is 1. The molecule has 0 unspecified atom stereocenters. The molecule has 2 aliphatic heterocycles. The first-order valence-electron chi connectivity index (χ1n) is 9.90. The zero-order chi connectivity index (χ0) is 19.5. The number of alkyl halides is 1. The predicted octanol–water partition coefficient (Wildman–Crippen LogP) is 2.68. The van der Waals surface area contributed by atoms with E-state index in [9.17, 15) is 14.3 Å². The fraction of sp³-hybridized carbons (Fsp3) is 0.476. The van der Waals surface area contributed by atoms with Crippen molar-refractivity contribution in [1.82, 2.24) is 14.9 Å². The van der Waals surface area contributed by atoms with Crippen molar-refractivity contribution in [1.29, 1.82) is 0 Å². The van der Waals surface area contributed by atoms with Gasteiger partial charge in [0.2, 0.25) is 0 Å². The number of piperidine rings is 2. The van der Waals surface area contributed by atoms with E-state index < -0.39 is 6.17 Å². The molecule has 1 amide bonds. The van der Waals surface area contributed by atoms with E-state index in [4.69, 9.17) is 0 Å². The van der Waals surface area contributed by atoms with E-state index in [1.807, 2.05) is 18.2 Å². The van der Waals surface area contributed by atoms with Gasteiger partial charge in [-0.2, -0.15) is 0 Å². The van der Waals surface area contributed by atoms with Crippen LogP contribution in [0.5, 0.6) is 0 Å². The zero-order valence-electron chi connectivity index (χ0n) is 15.8. The van der Waals surface area contributed by atoms with Crippen LogP contribution in [0.4, 0.5) is 10.2 Å². The Hall–Kier alpha value is -2.54. The Bertz CT molecular complexity index is 839. The number of carbonyl (C=O) groups excluding carboxylic acids is 1. The molecule has 1 aromatic heterocycles. The van der Waals surface area contributed by atoms with Crippen LogP contribution in [0.1, 0.15) is 36.0 Å². The molecule has 0 aliphatic carbocycles. The fourth-order valence-corrected chi connectivity index (χ4v) is 3.85. The van der Waals surface area contributed by atoms with Crippen LogP contribution in [0.2, 0.25) is 0 Å². The average molecular weight is 384 g/mol. The highest BCUT2D eigenvalue weighted by atomic mass is 19.1. The lowest BCUT2D eigenvalue weighted by atomic mass is 10.1. The summed E-state index contributed by atoms with van der Waals surface area (Å²) in [5.41, 5.74) is 1.34. The van der Waals surface area contributed by atoms with E-state index in [-0.39, 0.29) is 12.0 Å². The van der Waals surface area contributed by atoms with Gasteiger partial charge in [-0.05, 0) is 43.9 Å². The van der Waals surface area contributed by atoms with Gasteiger partial charge in [-0.3, -0.25) is 4.79 Å². The van der Waals surface area contributed by atoms with Gasteiger partial charge in [-0.1, -0.05) is 12.1 Å². The Morgan fingerprint density at radius 3 is 2.75 bits per heavy atom. The van der Waals surface area contributed by atoms with Crippen molar-refractivity contribution in [3.63, 3.8) is 0 Å². The van der Waals surface area contributed by atoms with Crippen LogP contribution in [0.25, 0.3) is 11.4 Å². The molecule has 28 heavy (non-hydrogen) atoms. The molecule has 0 saturated carbocycles. The first-order chi connectivity index (χ1) is 13.6. The molecule has 0 radical (unpaired) electrons. The Labute approximate surface area is 164 Å². The summed E-state index contributed by atoms with van der Waals surface area (Å²) in [5, 5.41) is 9.91. The van der Waals surface area contributed by atoms with Crippen LogP contribution in [0.3, 0.4) is 0 Å². The maximum atomic E-state index is 13.3. The third-order valence-corrected chi connectivity index (χ3v) is 5.44. The molecule has 1 atom stereocenters. The molecular formula is C21H25FN4O2. The molecule has 2 aromatic rings. The van der Waals surface area contributed by atoms with Crippen molar-refractivity contribution in [3.05, 3.63) is 42.1 Å². The van der Waals surface area contributed by atoms with Gasteiger partial charge in [-0.15, -0.1) is 0 Å². The largest absolute Gasteiger partial charge is 0.391 e. The fourth-order valence-electron chi connectivity index (χ4n) is 3.85. The number of aliphatic hydroxyl groups is 1. The number of hydrogen-bond acceptors (Lipinski definition) is 5. The lowest BCUT2D eigenvalue weighted by molar-refractivity contribution is 0.0667. The van der Waals surface area contributed by atoms with Gasteiger partial charge >= 0.3 is 0 Å². The van der Waals surface area contributed by atoms with Gasteiger partial charge in [0.25, 0.3) is 5.91 Å². The van der Waals surface area contributed by atoms with Gasteiger partial charge in [0.15, 0.2) is 5.82 Å². The van der Waals surface area contributed by atoms with Crippen molar-refractivity contribution in [3.8, 4) is 11.4 Å². The second-order valence-electron chi connectivity index (χ2n) is 7.53. The molecule has 1 aromatic carbocycles. The van der Waals surface area contributed by atoms with E-state index >= 15 is 0 Å². The standard InChI is InChI=1S/C21H25FN4O2/c22-17-7-11-25(12-8-17)21(28)16-4-1-3-15(13-16)20-23-9-6-19(24-20)26-10-2-5-18(27)14-26/h1,3-4,6,9,13,17-18,27H,2,5,7-8,10-12,14H2/t18-/m1/s1. The van der Waals surface area contributed by atoms with E-state index in [1.165, 1.54) is 0 Å². The van der Waals surface area contributed by atoms with Crippen LogP contribution in [-0.4, -0.2) is 64.3 Å². The van der Waals surface area contributed by atoms with E-state index in [2.05, 4.69) is 14.9 Å². The Kier molecular flexibility index (Phi) is 5.52. The molecule has 0 spiro atoms. The van der Waals surface area contributed by atoms with Crippen LogP contribution in [-0.2, 0) is 0 Å². The maximum Gasteiger partial charge on any atom is 0.253 e. The molecule has 2 fully saturated rings. The molecule has 0 bridgehead atoms. The minimum atomic E-state index is -0.806. The van der Waals surface area contributed by atoms with Crippen molar-refractivity contribution in [2.24, 2.45) is 0 Å². The molecule has 2 saturated heterocycles. The molecule has 3 heterocycles. The number of aromatic nitrogens is 2. The Morgan fingerprint density at radius 2 is 1.96 bits per heavy atom. The number of β-amino-alcohol motifs (C(OH)–C–C–N with tert-alkyl or cyclic N) is 1. The van der Waals surface area contributed by atoms with Gasteiger partial charge < -0.3 is 14.9 Å². The highest BCUT2D eigenvalue weighted by Crippen LogP contribution is 2.23. The number of carbonyl (C=O) groups is 1. The first kappa shape index (κ1) is 18.8. The molecule has 1 N–H and O–H groups in total. The maximum absolute atomic E-state index is 13.3. The predicted molar refractivity (Wildman–Crippen MR) is 105 cm³/mol. The van der Waals surface area contributed by atoms with Gasteiger partial charge in [0, 0.05) is 43.5 Å². The number of likely N-dealkylation sites (tertiary alicyclic amines) is 1. The average Bonchev–Trinajstić information content (AvgIpc) is 2.74. The van der Waals surface area contributed by atoms with E-state index in [1.54, 1.807) is 23.2 Å². The van der Waals surface area contributed by atoms with Crippen LogP contribution < -0.4 is 4.90 Å². The van der Waals surface area contributed by atoms with Crippen LogP contribution in [0.15, 0.2) is 36.5 Å².